The van der Waals surface area contributed by atoms with Gasteiger partial charge >= 0.3 is 5.97 Å². The molecule has 0 saturated carbocycles. The number of para-hydroxylation sites is 1. The van der Waals surface area contributed by atoms with Crippen molar-refractivity contribution in [3.8, 4) is 17.2 Å². The van der Waals surface area contributed by atoms with Crippen molar-refractivity contribution in [2.75, 3.05) is 27.9 Å². The number of rotatable bonds is 9. The Labute approximate surface area is 241 Å². The van der Waals surface area contributed by atoms with Crippen molar-refractivity contribution in [1.29, 1.82) is 0 Å². The molecule has 1 atom stereocenters. The molecule has 1 aliphatic heterocycles. The van der Waals surface area contributed by atoms with Crippen molar-refractivity contribution in [2.45, 2.75) is 32.7 Å². The molecular formula is C32H32N2O6S. The Hall–Kier alpha value is -4.37. The molecule has 1 aliphatic rings. The number of hydrogen-bond donors (Lipinski definition) is 0. The molecule has 212 valence electrons. The SMILES string of the molecule is CCCC1=C(C(=O)OCC)[C@H](c2c(OC)ccc3ccccc23)n2c(s/c(=C\c3cccc(OC)c3OC)c2=O)=N1. The molecule has 0 aliphatic carbocycles. The van der Waals surface area contributed by atoms with Gasteiger partial charge in [0.1, 0.15) is 11.8 Å². The van der Waals surface area contributed by atoms with Crippen LogP contribution >= 0.6 is 11.3 Å². The van der Waals surface area contributed by atoms with Gasteiger partial charge in [-0.05, 0) is 42.3 Å². The maximum Gasteiger partial charge on any atom is 0.338 e. The Morgan fingerprint density at radius 1 is 0.976 bits per heavy atom. The first-order valence-corrected chi connectivity index (χ1v) is 14.3. The van der Waals surface area contributed by atoms with E-state index in [1.54, 1.807) is 45.0 Å². The number of nitrogens with zero attached hydrogens (tertiary/aromatic N) is 2. The van der Waals surface area contributed by atoms with E-state index >= 15 is 0 Å². The third kappa shape index (κ3) is 5.02. The van der Waals surface area contributed by atoms with Crippen LogP contribution in [-0.2, 0) is 9.53 Å². The molecule has 1 aromatic heterocycles. The second-order valence-corrected chi connectivity index (χ2v) is 10.4. The number of esters is 1. The highest BCUT2D eigenvalue weighted by molar-refractivity contribution is 7.07. The van der Waals surface area contributed by atoms with Gasteiger partial charge in [0, 0.05) is 11.1 Å². The Bertz CT molecular complexity index is 1840. The Balaban J connectivity index is 1.88. The van der Waals surface area contributed by atoms with Crippen LogP contribution in [0.3, 0.4) is 0 Å². The van der Waals surface area contributed by atoms with Gasteiger partial charge in [-0.25, -0.2) is 9.79 Å². The zero-order chi connectivity index (χ0) is 29.1. The Morgan fingerprint density at radius 2 is 1.76 bits per heavy atom. The molecule has 0 spiro atoms. The molecule has 0 radical (unpaired) electrons. The highest BCUT2D eigenvalue weighted by Gasteiger charge is 2.37. The van der Waals surface area contributed by atoms with Gasteiger partial charge in [0.05, 0.1) is 43.7 Å². The van der Waals surface area contributed by atoms with Gasteiger partial charge in [0.25, 0.3) is 5.56 Å². The van der Waals surface area contributed by atoms with Crippen molar-refractivity contribution in [3.05, 3.63) is 96.7 Å². The standard InChI is InChI=1S/C32H32N2O6S/c1-6-11-22-27(31(36)40-7-2)28(26-21-14-9-8-12-19(21)16-17-23(26)37-3)34-30(35)25(41-32(34)33-22)18-20-13-10-15-24(38-4)29(20)39-5/h8-10,12-18,28H,6-7,11H2,1-5H3/b25-18-/t28-/m0/s1. The number of thiazole rings is 1. The summed E-state index contributed by atoms with van der Waals surface area (Å²) in [5.41, 5.74) is 2.08. The van der Waals surface area contributed by atoms with Crippen molar-refractivity contribution >= 4 is 34.2 Å². The fraction of sp³-hybridized carbons (Fsp3) is 0.281. The zero-order valence-electron chi connectivity index (χ0n) is 23.7. The van der Waals surface area contributed by atoms with Crippen molar-refractivity contribution in [3.63, 3.8) is 0 Å². The molecule has 4 aromatic rings. The van der Waals surface area contributed by atoms with E-state index in [9.17, 15) is 9.59 Å². The summed E-state index contributed by atoms with van der Waals surface area (Å²) in [6.45, 7) is 3.99. The molecule has 5 rings (SSSR count). The van der Waals surface area contributed by atoms with Gasteiger partial charge in [0.15, 0.2) is 16.3 Å². The second-order valence-electron chi connectivity index (χ2n) is 9.40. The summed E-state index contributed by atoms with van der Waals surface area (Å²) < 4.78 is 24.5. The van der Waals surface area contributed by atoms with Gasteiger partial charge in [-0.2, -0.15) is 0 Å². The van der Waals surface area contributed by atoms with Crippen molar-refractivity contribution < 1.29 is 23.7 Å². The molecular weight excluding hydrogens is 540 g/mol. The summed E-state index contributed by atoms with van der Waals surface area (Å²) in [5.74, 6) is 1.15. The lowest BCUT2D eigenvalue weighted by Crippen LogP contribution is -2.40. The first kappa shape index (κ1) is 28.2. The van der Waals surface area contributed by atoms with Crippen molar-refractivity contribution in [1.82, 2.24) is 4.57 Å². The summed E-state index contributed by atoms with van der Waals surface area (Å²) >= 11 is 1.27. The van der Waals surface area contributed by atoms with Crippen LogP contribution in [0.25, 0.3) is 16.8 Å². The van der Waals surface area contributed by atoms with Crippen LogP contribution in [0.15, 0.2) is 75.7 Å². The molecule has 0 unspecified atom stereocenters. The van der Waals surface area contributed by atoms with Crippen LogP contribution in [0, 0.1) is 0 Å². The molecule has 0 fully saturated rings. The van der Waals surface area contributed by atoms with Crippen LogP contribution in [0.4, 0.5) is 0 Å². The maximum atomic E-state index is 14.3. The zero-order valence-corrected chi connectivity index (χ0v) is 24.5. The summed E-state index contributed by atoms with van der Waals surface area (Å²) in [6.07, 6.45) is 3.08. The molecule has 3 aromatic carbocycles. The molecule has 41 heavy (non-hydrogen) atoms. The monoisotopic (exact) mass is 572 g/mol. The van der Waals surface area contributed by atoms with E-state index in [4.69, 9.17) is 23.9 Å². The highest BCUT2D eigenvalue weighted by atomic mass is 32.1. The van der Waals surface area contributed by atoms with E-state index in [-0.39, 0.29) is 12.2 Å². The molecule has 8 nitrogen and oxygen atoms in total. The quantitative estimate of drug-likeness (QED) is 0.269. The van der Waals surface area contributed by atoms with E-state index < -0.39 is 12.0 Å². The van der Waals surface area contributed by atoms with Gasteiger partial charge in [0.2, 0.25) is 0 Å². The van der Waals surface area contributed by atoms with Crippen LogP contribution in [0.5, 0.6) is 17.2 Å². The fourth-order valence-electron chi connectivity index (χ4n) is 5.30. The lowest BCUT2D eigenvalue weighted by Gasteiger charge is -2.28. The van der Waals surface area contributed by atoms with Gasteiger partial charge in [-0.15, -0.1) is 0 Å². The number of allylic oxidation sites excluding steroid dienone is 1. The summed E-state index contributed by atoms with van der Waals surface area (Å²) in [6, 6.07) is 16.4. The molecule has 0 N–H and O–H groups in total. The molecule has 2 heterocycles. The number of carbonyl (C=O) groups is 1. The number of aromatic nitrogens is 1. The number of carbonyl (C=O) groups excluding carboxylic acids is 1. The average molecular weight is 573 g/mol. The number of hydrogen-bond acceptors (Lipinski definition) is 8. The van der Waals surface area contributed by atoms with Gasteiger partial charge in [-0.1, -0.05) is 67.1 Å². The van der Waals surface area contributed by atoms with E-state index in [0.29, 0.717) is 55.4 Å². The highest BCUT2D eigenvalue weighted by Crippen LogP contribution is 2.41. The average Bonchev–Trinajstić information content (AvgIpc) is 3.30. The van der Waals surface area contributed by atoms with Gasteiger partial charge < -0.3 is 18.9 Å². The van der Waals surface area contributed by atoms with Crippen LogP contribution in [-0.4, -0.2) is 38.5 Å². The molecule has 0 amide bonds. The topological polar surface area (TPSA) is 88.4 Å². The first-order chi connectivity index (χ1) is 20.0. The number of ether oxygens (including phenoxy) is 4. The van der Waals surface area contributed by atoms with E-state index in [1.807, 2.05) is 55.5 Å². The maximum absolute atomic E-state index is 14.3. The molecule has 0 saturated heterocycles. The predicted molar refractivity (Wildman–Crippen MR) is 160 cm³/mol. The normalized spacial score (nSPS) is 15.0. The van der Waals surface area contributed by atoms with Crippen molar-refractivity contribution in [2.24, 2.45) is 4.99 Å². The number of methoxy groups -OCH3 is 3. The first-order valence-electron chi connectivity index (χ1n) is 13.5. The summed E-state index contributed by atoms with van der Waals surface area (Å²) in [4.78, 5) is 33.3. The van der Waals surface area contributed by atoms with Crippen LogP contribution in [0.2, 0.25) is 0 Å². The van der Waals surface area contributed by atoms with E-state index in [1.165, 1.54) is 11.3 Å². The minimum Gasteiger partial charge on any atom is -0.496 e. The largest absolute Gasteiger partial charge is 0.496 e. The molecule has 0 bridgehead atoms. The van der Waals surface area contributed by atoms with Crippen LogP contribution < -0.4 is 29.1 Å². The van der Waals surface area contributed by atoms with E-state index in [2.05, 4.69) is 0 Å². The third-order valence-corrected chi connectivity index (χ3v) is 8.02. The Morgan fingerprint density at radius 3 is 2.46 bits per heavy atom. The number of fused-ring (bicyclic) bond motifs is 2. The summed E-state index contributed by atoms with van der Waals surface area (Å²) in [7, 11) is 4.72. The summed E-state index contributed by atoms with van der Waals surface area (Å²) in [5, 5.41) is 1.84. The second kappa shape index (κ2) is 12.0. The minimum atomic E-state index is -0.803. The van der Waals surface area contributed by atoms with E-state index in [0.717, 1.165) is 17.2 Å². The Kier molecular flexibility index (Phi) is 8.26. The lowest BCUT2D eigenvalue weighted by molar-refractivity contribution is -0.139. The smallest absolute Gasteiger partial charge is 0.338 e. The fourth-order valence-corrected chi connectivity index (χ4v) is 6.31. The molecule has 9 heteroatoms. The number of benzene rings is 3. The minimum absolute atomic E-state index is 0.196. The third-order valence-electron chi connectivity index (χ3n) is 7.04. The van der Waals surface area contributed by atoms with Crippen LogP contribution in [0.1, 0.15) is 43.9 Å². The lowest BCUT2D eigenvalue weighted by atomic mass is 9.90. The van der Waals surface area contributed by atoms with Gasteiger partial charge in [-0.3, -0.25) is 9.36 Å². The predicted octanol–water partition coefficient (Wildman–Crippen LogP) is 4.76.